The van der Waals surface area contributed by atoms with Gasteiger partial charge in [-0.1, -0.05) is 36.9 Å². The zero-order valence-electron chi connectivity index (χ0n) is 9.62. The Hall–Kier alpha value is -0.600. The Labute approximate surface area is 104 Å². The van der Waals surface area contributed by atoms with E-state index in [1.54, 1.807) is 0 Å². The monoisotopic (exact) mass is 269 g/mol. The zero-order chi connectivity index (χ0) is 10.4. The molecule has 1 aromatic rings. The van der Waals surface area contributed by atoms with E-state index in [0.717, 1.165) is 24.1 Å². The minimum Gasteiger partial charge on any atom is -1.00 e. The fraction of sp³-hybridized carbons (Fsp3) is 0.385. The molecule has 1 rings (SSSR count). The molecule has 0 fully saturated rings. The van der Waals surface area contributed by atoms with Gasteiger partial charge in [0.1, 0.15) is 6.54 Å². The van der Waals surface area contributed by atoms with Crippen molar-refractivity contribution in [3.05, 3.63) is 48.6 Å². The van der Waals surface area contributed by atoms with Crippen molar-refractivity contribution < 1.29 is 21.5 Å². The number of rotatable bonds is 5. The maximum atomic E-state index is 3.82. The first-order chi connectivity index (χ1) is 6.70. The van der Waals surface area contributed by atoms with Crippen molar-refractivity contribution in [3.63, 3.8) is 0 Å². The summed E-state index contributed by atoms with van der Waals surface area (Å²) in [6.45, 7) is 9.31. The Balaban J connectivity index is 0.00000196. The molecular weight excluding hydrogens is 250 g/mol. The fourth-order valence-corrected chi connectivity index (χ4v) is 1.64. The van der Waals surface area contributed by atoms with Gasteiger partial charge in [-0.15, -0.1) is 0 Å². The van der Waals surface area contributed by atoms with Crippen molar-refractivity contribution in [2.45, 2.75) is 13.5 Å². The number of halogens is 1. The summed E-state index contributed by atoms with van der Waals surface area (Å²) >= 11 is 0. The van der Waals surface area contributed by atoms with Gasteiger partial charge in [-0.2, -0.15) is 0 Å². The molecular formula is C13H20BrN. The van der Waals surface area contributed by atoms with E-state index in [9.17, 15) is 0 Å². The molecule has 15 heavy (non-hydrogen) atoms. The molecule has 1 atom stereocenters. The van der Waals surface area contributed by atoms with Gasteiger partial charge in [0.25, 0.3) is 0 Å². The van der Waals surface area contributed by atoms with Crippen LogP contribution in [0.25, 0.3) is 0 Å². The van der Waals surface area contributed by atoms with Crippen molar-refractivity contribution >= 4 is 0 Å². The lowest BCUT2D eigenvalue weighted by Crippen LogP contribution is -3.00. The summed E-state index contributed by atoms with van der Waals surface area (Å²) in [7, 11) is 2.27. The van der Waals surface area contributed by atoms with Crippen LogP contribution in [0.15, 0.2) is 43.0 Å². The summed E-state index contributed by atoms with van der Waals surface area (Å²) in [5.41, 5.74) is 1.40. The molecule has 1 nitrogen and oxygen atoms in total. The predicted octanol–water partition coefficient (Wildman–Crippen LogP) is -0.157. The van der Waals surface area contributed by atoms with E-state index in [1.165, 1.54) is 5.56 Å². The van der Waals surface area contributed by atoms with Crippen LogP contribution < -0.4 is 17.0 Å². The Morgan fingerprint density at radius 2 is 1.87 bits per heavy atom. The third-order valence-electron chi connectivity index (χ3n) is 2.74. The van der Waals surface area contributed by atoms with Gasteiger partial charge >= 0.3 is 0 Å². The summed E-state index contributed by atoms with van der Waals surface area (Å²) in [5.74, 6) is 0. The molecule has 84 valence electrons. The molecule has 0 radical (unpaired) electrons. The van der Waals surface area contributed by atoms with Crippen LogP contribution in [0.2, 0.25) is 0 Å². The number of quaternary nitrogens is 1. The minimum atomic E-state index is 0. The van der Waals surface area contributed by atoms with E-state index < -0.39 is 0 Å². The highest BCUT2D eigenvalue weighted by molar-refractivity contribution is 5.13. The fourth-order valence-electron chi connectivity index (χ4n) is 1.64. The van der Waals surface area contributed by atoms with E-state index >= 15 is 0 Å². The van der Waals surface area contributed by atoms with Gasteiger partial charge in [0.05, 0.1) is 20.1 Å². The van der Waals surface area contributed by atoms with Crippen molar-refractivity contribution in [2.24, 2.45) is 0 Å². The van der Waals surface area contributed by atoms with Crippen LogP contribution in [0.3, 0.4) is 0 Å². The molecule has 0 N–H and O–H groups in total. The summed E-state index contributed by atoms with van der Waals surface area (Å²) in [6.07, 6.45) is 2.01. The quantitative estimate of drug-likeness (QED) is 0.515. The SMILES string of the molecule is C=CC[N+](C)(CC)Cc1ccccc1.[Br-]. The number of likely N-dealkylation sites (N-methyl/N-ethyl adjacent to an activating group) is 1. The summed E-state index contributed by atoms with van der Waals surface area (Å²) in [5, 5.41) is 0. The lowest BCUT2D eigenvalue weighted by Gasteiger charge is -2.32. The molecule has 0 bridgehead atoms. The Morgan fingerprint density at radius 3 is 2.33 bits per heavy atom. The molecule has 0 heterocycles. The molecule has 0 saturated heterocycles. The average molecular weight is 270 g/mol. The summed E-state index contributed by atoms with van der Waals surface area (Å²) < 4.78 is 1.04. The van der Waals surface area contributed by atoms with E-state index in [4.69, 9.17) is 0 Å². The number of nitrogens with zero attached hydrogens (tertiary/aromatic N) is 1. The smallest absolute Gasteiger partial charge is 0.104 e. The van der Waals surface area contributed by atoms with Crippen molar-refractivity contribution in [2.75, 3.05) is 20.1 Å². The first kappa shape index (κ1) is 14.4. The van der Waals surface area contributed by atoms with Crippen LogP contribution in [0.1, 0.15) is 12.5 Å². The second kappa shape index (κ2) is 6.81. The molecule has 0 aliphatic heterocycles. The Bertz CT molecular complexity index is 284. The van der Waals surface area contributed by atoms with E-state index in [0.29, 0.717) is 0 Å². The molecule has 0 aromatic heterocycles. The molecule has 0 aliphatic rings. The van der Waals surface area contributed by atoms with Gasteiger partial charge in [-0.3, -0.25) is 0 Å². The van der Waals surface area contributed by atoms with Crippen LogP contribution in [0, 0.1) is 0 Å². The van der Waals surface area contributed by atoms with Crippen LogP contribution >= 0.6 is 0 Å². The maximum Gasteiger partial charge on any atom is 0.104 e. The largest absolute Gasteiger partial charge is 1.00 e. The molecule has 0 amide bonds. The standard InChI is InChI=1S/C13H20N.BrH/c1-4-11-14(3,5-2)12-13-9-7-6-8-10-13;/h4,6-10H,1,5,11-12H2,2-3H3;1H/q+1;/p-1. The van der Waals surface area contributed by atoms with E-state index in [-0.39, 0.29) is 17.0 Å². The number of benzene rings is 1. The van der Waals surface area contributed by atoms with Gasteiger partial charge in [0.15, 0.2) is 0 Å². The third kappa shape index (κ3) is 4.63. The second-order valence-electron chi connectivity index (χ2n) is 4.05. The highest BCUT2D eigenvalue weighted by atomic mass is 79.9. The van der Waals surface area contributed by atoms with Gasteiger partial charge < -0.3 is 21.5 Å². The predicted molar refractivity (Wildman–Crippen MR) is 61.9 cm³/mol. The molecule has 1 unspecified atom stereocenters. The van der Waals surface area contributed by atoms with Gasteiger partial charge in [-0.25, -0.2) is 0 Å². The van der Waals surface area contributed by atoms with Gasteiger partial charge in [0.2, 0.25) is 0 Å². The van der Waals surface area contributed by atoms with Gasteiger partial charge in [-0.05, 0) is 13.0 Å². The summed E-state index contributed by atoms with van der Waals surface area (Å²) in [6, 6.07) is 10.6. The highest BCUT2D eigenvalue weighted by Crippen LogP contribution is 2.11. The highest BCUT2D eigenvalue weighted by Gasteiger charge is 2.17. The van der Waals surface area contributed by atoms with Crippen molar-refractivity contribution in [3.8, 4) is 0 Å². The third-order valence-corrected chi connectivity index (χ3v) is 2.74. The number of hydrogen-bond donors (Lipinski definition) is 0. The van der Waals surface area contributed by atoms with Crippen molar-refractivity contribution in [1.82, 2.24) is 0 Å². The Kier molecular flexibility index (Phi) is 6.53. The first-order valence-corrected chi connectivity index (χ1v) is 5.18. The normalized spacial score (nSPS) is 13.7. The van der Waals surface area contributed by atoms with Crippen LogP contribution in [-0.2, 0) is 6.54 Å². The first-order valence-electron chi connectivity index (χ1n) is 5.18. The Morgan fingerprint density at radius 1 is 1.27 bits per heavy atom. The molecule has 0 spiro atoms. The average Bonchev–Trinajstić information content (AvgIpc) is 2.20. The van der Waals surface area contributed by atoms with Crippen LogP contribution in [0.5, 0.6) is 0 Å². The molecule has 0 saturated carbocycles. The molecule has 2 heteroatoms. The minimum absolute atomic E-state index is 0. The van der Waals surface area contributed by atoms with Crippen LogP contribution in [-0.4, -0.2) is 24.6 Å². The van der Waals surface area contributed by atoms with E-state index in [1.807, 2.05) is 6.08 Å². The lowest BCUT2D eigenvalue weighted by molar-refractivity contribution is -0.915. The summed E-state index contributed by atoms with van der Waals surface area (Å²) in [4.78, 5) is 0. The molecule has 0 aliphatic carbocycles. The number of hydrogen-bond acceptors (Lipinski definition) is 0. The molecule has 1 aromatic carbocycles. The zero-order valence-corrected chi connectivity index (χ0v) is 11.2. The second-order valence-corrected chi connectivity index (χ2v) is 4.05. The van der Waals surface area contributed by atoms with Gasteiger partial charge in [0, 0.05) is 5.56 Å². The topological polar surface area (TPSA) is 0 Å². The van der Waals surface area contributed by atoms with Crippen LogP contribution in [0.4, 0.5) is 0 Å². The van der Waals surface area contributed by atoms with E-state index in [2.05, 4.69) is 50.9 Å². The maximum absolute atomic E-state index is 3.82. The lowest BCUT2D eigenvalue weighted by atomic mass is 10.2. The van der Waals surface area contributed by atoms with Crippen molar-refractivity contribution in [1.29, 1.82) is 0 Å².